The number of halogens is 2. The molecule has 108 valence electrons. The van der Waals surface area contributed by atoms with Crippen molar-refractivity contribution in [2.45, 2.75) is 5.16 Å². The fourth-order valence-corrected chi connectivity index (χ4v) is 2.35. The molecular weight excluding hydrogens is 337 g/mol. The maximum absolute atomic E-state index is 11.6. The zero-order valence-electron chi connectivity index (χ0n) is 10.5. The second kappa shape index (κ2) is 5.44. The molecule has 2 aromatic rings. The van der Waals surface area contributed by atoms with Crippen LogP contribution < -0.4 is 5.73 Å². The largest absolute Gasteiger partial charge is 0.382 e. The minimum Gasteiger partial charge on any atom is -0.382 e. The van der Waals surface area contributed by atoms with Crippen LogP contribution >= 0.6 is 23.2 Å². The maximum atomic E-state index is 11.6. The number of rotatable bonds is 2. The SMILES string of the molecule is CS(=O)(=O)c1nc(N)c(C#N)c(-c2nc(Cl)ccc2Cl)n1. The highest BCUT2D eigenvalue weighted by molar-refractivity contribution is 7.90. The van der Waals surface area contributed by atoms with Crippen molar-refractivity contribution < 1.29 is 8.42 Å². The molecule has 0 saturated heterocycles. The van der Waals surface area contributed by atoms with Gasteiger partial charge in [-0.05, 0) is 12.1 Å². The average Bonchev–Trinajstić information content (AvgIpc) is 2.39. The van der Waals surface area contributed by atoms with Crippen molar-refractivity contribution >= 4 is 38.9 Å². The fourth-order valence-electron chi connectivity index (χ4n) is 1.49. The van der Waals surface area contributed by atoms with Crippen molar-refractivity contribution in [3.05, 3.63) is 27.9 Å². The second-order valence-electron chi connectivity index (χ2n) is 3.96. The molecule has 0 atom stereocenters. The molecule has 10 heteroatoms. The van der Waals surface area contributed by atoms with Crippen molar-refractivity contribution in [1.82, 2.24) is 15.0 Å². The molecule has 2 aromatic heterocycles. The summed E-state index contributed by atoms with van der Waals surface area (Å²) >= 11 is 11.8. The first kappa shape index (κ1) is 15.4. The van der Waals surface area contributed by atoms with Gasteiger partial charge in [-0.1, -0.05) is 23.2 Å². The van der Waals surface area contributed by atoms with Gasteiger partial charge in [0.05, 0.1) is 5.02 Å². The molecular formula is C11H7Cl2N5O2S. The Hall–Kier alpha value is -1.95. The van der Waals surface area contributed by atoms with Crippen molar-refractivity contribution in [2.24, 2.45) is 0 Å². The third-order valence-corrected chi connectivity index (χ3v) is 3.76. The van der Waals surface area contributed by atoms with Gasteiger partial charge in [-0.25, -0.2) is 18.4 Å². The molecule has 0 aromatic carbocycles. The van der Waals surface area contributed by atoms with Crippen LogP contribution in [0, 0.1) is 11.3 Å². The van der Waals surface area contributed by atoms with Gasteiger partial charge in [0.1, 0.15) is 34.0 Å². The number of nitriles is 1. The summed E-state index contributed by atoms with van der Waals surface area (Å²) in [5, 5.41) is 8.88. The minimum atomic E-state index is -3.72. The average molecular weight is 344 g/mol. The van der Waals surface area contributed by atoms with Crippen LogP contribution in [0.25, 0.3) is 11.4 Å². The first-order valence-electron chi connectivity index (χ1n) is 5.34. The summed E-state index contributed by atoms with van der Waals surface area (Å²) in [4.78, 5) is 11.4. The van der Waals surface area contributed by atoms with E-state index in [1.165, 1.54) is 12.1 Å². The van der Waals surface area contributed by atoms with Gasteiger partial charge in [-0.15, -0.1) is 0 Å². The molecule has 0 bridgehead atoms. The molecule has 0 aliphatic carbocycles. The molecule has 0 radical (unpaired) electrons. The molecule has 0 amide bonds. The second-order valence-corrected chi connectivity index (χ2v) is 6.67. The van der Waals surface area contributed by atoms with Gasteiger partial charge in [0.25, 0.3) is 0 Å². The molecule has 0 aliphatic heterocycles. The lowest BCUT2D eigenvalue weighted by molar-refractivity contribution is 0.593. The van der Waals surface area contributed by atoms with Crippen LogP contribution in [0.1, 0.15) is 5.56 Å². The van der Waals surface area contributed by atoms with Gasteiger partial charge >= 0.3 is 0 Å². The van der Waals surface area contributed by atoms with E-state index in [2.05, 4.69) is 15.0 Å². The minimum absolute atomic E-state index is 0.0553. The molecule has 0 aliphatic rings. The van der Waals surface area contributed by atoms with Crippen molar-refractivity contribution in [2.75, 3.05) is 12.0 Å². The summed E-state index contributed by atoms with van der Waals surface area (Å²) in [6.45, 7) is 0. The predicted octanol–water partition coefficient (Wildman–Crippen LogP) is 1.70. The lowest BCUT2D eigenvalue weighted by Gasteiger charge is -2.08. The number of sulfone groups is 1. The predicted molar refractivity (Wildman–Crippen MR) is 77.5 cm³/mol. The Morgan fingerprint density at radius 3 is 2.43 bits per heavy atom. The van der Waals surface area contributed by atoms with E-state index in [1.807, 2.05) is 0 Å². The molecule has 2 rings (SSSR count). The van der Waals surface area contributed by atoms with Crippen LogP contribution in [0.2, 0.25) is 10.2 Å². The Balaban J connectivity index is 2.87. The van der Waals surface area contributed by atoms with Crippen LogP contribution in [0.4, 0.5) is 5.82 Å². The normalized spacial score (nSPS) is 11.1. The number of anilines is 1. The van der Waals surface area contributed by atoms with Crippen LogP contribution in [0.5, 0.6) is 0 Å². The Kier molecular flexibility index (Phi) is 4.00. The molecule has 21 heavy (non-hydrogen) atoms. The molecule has 0 saturated carbocycles. The molecule has 2 heterocycles. The number of nitrogens with two attached hydrogens (primary N) is 1. The van der Waals surface area contributed by atoms with E-state index >= 15 is 0 Å². The van der Waals surface area contributed by atoms with Gasteiger partial charge in [0, 0.05) is 6.26 Å². The van der Waals surface area contributed by atoms with Crippen LogP contribution in [0.15, 0.2) is 17.3 Å². The fraction of sp³-hybridized carbons (Fsp3) is 0.0909. The number of aromatic nitrogens is 3. The highest BCUT2D eigenvalue weighted by atomic mass is 35.5. The molecule has 2 N–H and O–H groups in total. The van der Waals surface area contributed by atoms with Crippen molar-refractivity contribution in [3.8, 4) is 17.5 Å². The summed E-state index contributed by atoms with van der Waals surface area (Å²) in [5.74, 6) is -0.277. The third kappa shape index (κ3) is 3.05. The van der Waals surface area contributed by atoms with Gasteiger partial charge < -0.3 is 5.73 Å². The van der Waals surface area contributed by atoms with Crippen molar-refractivity contribution in [3.63, 3.8) is 0 Å². The lowest BCUT2D eigenvalue weighted by atomic mass is 10.1. The maximum Gasteiger partial charge on any atom is 0.249 e. The topological polar surface area (TPSA) is 123 Å². The highest BCUT2D eigenvalue weighted by Gasteiger charge is 2.22. The molecule has 7 nitrogen and oxygen atoms in total. The first-order valence-corrected chi connectivity index (χ1v) is 7.99. The van der Waals surface area contributed by atoms with Gasteiger partial charge in [-0.3, -0.25) is 0 Å². The highest BCUT2D eigenvalue weighted by Crippen LogP contribution is 2.30. The summed E-state index contributed by atoms with van der Waals surface area (Å²) in [7, 11) is -3.72. The first-order chi connectivity index (χ1) is 9.74. The van der Waals surface area contributed by atoms with Crippen LogP contribution in [0.3, 0.4) is 0 Å². The Bertz CT molecular complexity index is 877. The van der Waals surface area contributed by atoms with E-state index in [0.717, 1.165) is 6.26 Å². The van der Waals surface area contributed by atoms with E-state index in [9.17, 15) is 8.42 Å². The zero-order valence-corrected chi connectivity index (χ0v) is 12.8. The lowest BCUT2D eigenvalue weighted by Crippen LogP contribution is -2.10. The van der Waals surface area contributed by atoms with E-state index in [4.69, 9.17) is 34.2 Å². The van der Waals surface area contributed by atoms with E-state index in [0.29, 0.717) is 0 Å². The standard InChI is InChI=1S/C11H7Cl2N5O2S/c1-21(19,20)11-17-8(5(4-14)10(15)18-11)9-6(12)2-3-7(13)16-9/h2-3H,1H3,(H2,15,17,18). The third-order valence-electron chi connectivity index (χ3n) is 2.40. The van der Waals surface area contributed by atoms with E-state index in [-0.39, 0.29) is 32.9 Å². The number of pyridine rings is 1. The summed E-state index contributed by atoms with van der Waals surface area (Å²) < 4.78 is 23.2. The molecule has 0 unspecified atom stereocenters. The quantitative estimate of drug-likeness (QED) is 0.650. The Labute approximate surface area is 130 Å². The number of hydrogen-bond donors (Lipinski definition) is 1. The number of hydrogen-bond acceptors (Lipinski definition) is 7. The van der Waals surface area contributed by atoms with Crippen LogP contribution in [-0.4, -0.2) is 29.6 Å². The summed E-state index contributed by atoms with van der Waals surface area (Å²) in [6, 6.07) is 4.70. The molecule has 0 spiro atoms. The number of nitrogens with zero attached hydrogens (tertiary/aromatic N) is 4. The Morgan fingerprint density at radius 1 is 1.19 bits per heavy atom. The van der Waals surface area contributed by atoms with Gasteiger partial charge in [0.15, 0.2) is 0 Å². The van der Waals surface area contributed by atoms with E-state index < -0.39 is 15.0 Å². The summed E-state index contributed by atoms with van der Waals surface area (Å²) in [5.41, 5.74) is 5.46. The summed E-state index contributed by atoms with van der Waals surface area (Å²) in [6.07, 6.45) is 0.921. The van der Waals surface area contributed by atoms with Gasteiger partial charge in [0.2, 0.25) is 15.0 Å². The number of nitrogen functional groups attached to an aromatic ring is 1. The zero-order chi connectivity index (χ0) is 15.8. The van der Waals surface area contributed by atoms with E-state index in [1.54, 1.807) is 6.07 Å². The smallest absolute Gasteiger partial charge is 0.249 e. The van der Waals surface area contributed by atoms with Gasteiger partial charge in [-0.2, -0.15) is 10.2 Å². The Morgan fingerprint density at radius 2 is 1.86 bits per heavy atom. The van der Waals surface area contributed by atoms with Crippen LogP contribution in [-0.2, 0) is 9.84 Å². The van der Waals surface area contributed by atoms with Crippen molar-refractivity contribution in [1.29, 1.82) is 5.26 Å². The monoisotopic (exact) mass is 343 g/mol. The molecule has 0 fully saturated rings.